The Kier molecular flexibility index (Phi) is 6.30. The van der Waals surface area contributed by atoms with Gasteiger partial charge in [-0.3, -0.25) is 4.79 Å². The monoisotopic (exact) mass is 541 g/mol. The number of sulfone groups is 1. The molecule has 0 saturated heterocycles. The Morgan fingerprint density at radius 2 is 1.81 bits per heavy atom. The molecule has 0 atom stereocenters. The van der Waals surface area contributed by atoms with Gasteiger partial charge in [-0.15, -0.1) is 0 Å². The highest BCUT2D eigenvalue weighted by Crippen LogP contribution is 2.31. The van der Waals surface area contributed by atoms with Crippen molar-refractivity contribution in [2.24, 2.45) is 0 Å². The van der Waals surface area contributed by atoms with Gasteiger partial charge in [-0.1, -0.05) is 28.9 Å². The SMILES string of the molecule is CCS(=O)(=O)c1cc(OC(F)(F)CBr)cnc1-n1ncc2ccc(C(F)(F)F)cc2c1=O. The van der Waals surface area contributed by atoms with Crippen molar-refractivity contribution in [1.82, 2.24) is 14.8 Å². The summed E-state index contributed by atoms with van der Waals surface area (Å²) in [5, 5.41) is 2.61. The smallest absolute Gasteiger partial charge is 0.416 e. The summed E-state index contributed by atoms with van der Waals surface area (Å²) in [6.07, 6.45) is -6.58. The molecule has 0 radical (unpaired) electrons. The second kappa shape index (κ2) is 8.39. The molecule has 0 N–H and O–H groups in total. The Labute approximate surface area is 185 Å². The quantitative estimate of drug-likeness (QED) is 0.346. The summed E-state index contributed by atoms with van der Waals surface area (Å²) < 4.78 is 96.3. The van der Waals surface area contributed by atoms with E-state index in [0.717, 1.165) is 30.6 Å². The molecule has 3 aromatic rings. The first-order valence-electron chi connectivity index (χ1n) is 8.74. The number of halogens is 6. The summed E-state index contributed by atoms with van der Waals surface area (Å²) in [5.74, 6) is -1.65. The first-order chi connectivity index (χ1) is 14.8. The Bertz CT molecular complexity index is 1340. The van der Waals surface area contributed by atoms with Crippen molar-refractivity contribution in [3.63, 3.8) is 0 Å². The maximum Gasteiger partial charge on any atom is 0.416 e. The molecule has 14 heteroatoms. The molecule has 0 saturated carbocycles. The van der Waals surface area contributed by atoms with E-state index in [1.54, 1.807) is 0 Å². The van der Waals surface area contributed by atoms with Gasteiger partial charge in [0.25, 0.3) is 5.56 Å². The minimum absolute atomic E-state index is 0.0797. The van der Waals surface area contributed by atoms with Crippen molar-refractivity contribution < 1.29 is 35.1 Å². The van der Waals surface area contributed by atoms with Gasteiger partial charge in [0, 0.05) is 11.5 Å². The van der Waals surface area contributed by atoms with Crippen LogP contribution in [0.25, 0.3) is 16.6 Å². The van der Waals surface area contributed by atoms with E-state index in [0.29, 0.717) is 10.7 Å². The Morgan fingerprint density at radius 3 is 2.41 bits per heavy atom. The van der Waals surface area contributed by atoms with Crippen molar-refractivity contribution >= 4 is 36.5 Å². The molecule has 1 aromatic carbocycles. The van der Waals surface area contributed by atoms with Gasteiger partial charge < -0.3 is 4.74 Å². The maximum absolute atomic E-state index is 13.5. The van der Waals surface area contributed by atoms with Gasteiger partial charge in [-0.05, 0) is 12.1 Å². The molecule has 0 bridgehead atoms. The number of rotatable bonds is 6. The molecule has 0 aliphatic rings. The minimum atomic E-state index is -4.72. The average Bonchev–Trinajstić information content (AvgIpc) is 2.73. The second-order valence-electron chi connectivity index (χ2n) is 6.43. The van der Waals surface area contributed by atoms with E-state index in [2.05, 4.69) is 30.7 Å². The number of nitrogens with zero attached hydrogens (tertiary/aromatic N) is 3. The molecule has 0 spiro atoms. The Morgan fingerprint density at radius 1 is 1.12 bits per heavy atom. The van der Waals surface area contributed by atoms with E-state index >= 15 is 0 Å². The lowest BCUT2D eigenvalue weighted by atomic mass is 10.1. The van der Waals surface area contributed by atoms with Gasteiger partial charge in [0.1, 0.15) is 16.0 Å². The fourth-order valence-electron chi connectivity index (χ4n) is 2.69. The van der Waals surface area contributed by atoms with Gasteiger partial charge in [0.05, 0.1) is 29.1 Å². The van der Waals surface area contributed by atoms with Gasteiger partial charge in [-0.25, -0.2) is 13.4 Å². The molecule has 0 amide bonds. The molecule has 2 aromatic heterocycles. The molecule has 0 unspecified atom stereocenters. The summed E-state index contributed by atoms with van der Waals surface area (Å²) in [5.41, 5.74) is -2.16. The van der Waals surface area contributed by atoms with Gasteiger partial charge in [0.15, 0.2) is 15.7 Å². The summed E-state index contributed by atoms with van der Waals surface area (Å²) >= 11 is 2.55. The fraction of sp³-hybridized carbons (Fsp3) is 0.278. The second-order valence-corrected chi connectivity index (χ2v) is 9.24. The fourth-order valence-corrected chi connectivity index (χ4v) is 3.82. The average molecular weight is 542 g/mol. The minimum Gasteiger partial charge on any atom is -0.430 e. The lowest BCUT2D eigenvalue weighted by Crippen LogP contribution is -2.27. The van der Waals surface area contributed by atoms with E-state index in [4.69, 9.17) is 0 Å². The van der Waals surface area contributed by atoms with Crippen LogP contribution in [0.2, 0.25) is 0 Å². The number of hydrogen-bond acceptors (Lipinski definition) is 6. The number of aromatic nitrogens is 3. The van der Waals surface area contributed by atoms with Crippen LogP contribution in [0.4, 0.5) is 22.0 Å². The highest BCUT2D eigenvalue weighted by atomic mass is 79.9. The van der Waals surface area contributed by atoms with Crippen LogP contribution in [0.3, 0.4) is 0 Å². The third kappa shape index (κ3) is 4.75. The van der Waals surface area contributed by atoms with E-state index in [-0.39, 0.29) is 10.8 Å². The molecule has 0 aliphatic heterocycles. The predicted molar refractivity (Wildman–Crippen MR) is 107 cm³/mol. The predicted octanol–water partition coefficient (Wildman–Crippen LogP) is 3.96. The normalized spacial score (nSPS) is 12.8. The highest BCUT2D eigenvalue weighted by Gasteiger charge is 2.32. The molecule has 2 heterocycles. The third-order valence-corrected chi connectivity index (χ3v) is 6.65. The van der Waals surface area contributed by atoms with E-state index < -0.39 is 60.8 Å². The molecule has 0 aliphatic carbocycles. The Hall–Kier alpha value is -2.61. The molecule has 3 rings (SSSR count). The summed E-state index contributed by atoms with van der Waals surface area (Å²) in [7, 11) is -4.14. The van der Waals surface area contributed by atoms with Crippen LogP contribution in [0.5, 0.6) is 5.75 Å². The topological polar surface area (TPSA) is 91.2 Å². The van der Waals surface area contributed by atoms with Crippen LogP contribution in [0, 0.1) is 0 Å². The number of hydrogen-bond donors (Lipinski definition) is 0. The van der Waals surface area contributed by atoms with Gasteiger partial charge >= 0.3 is 12.3 Å². The maximum atomic E-state index is 13.5. The van der Waals surface area contributed by atoms with E-state index in [9.17, 15) is 35.2 Å². The third-order valence-electron chi connectivity index (χ3n) is 4.26. The summed E-state index contributed by atoms with van der Waals surface area (Å²) in [4.78, 5) is 16.0. The number of ether oxygens (including phenoxy) is 1. The number of alkyl halides is 6. The zero-order valence-corrected chi connectivity index (χ0v) is 18.4. The number of benzene rings is 1. The molecule has 32 heavy (non-hydrogen) atoms. The van der Waals surface area contributed by atoms with Crippen LogP contribution in [0.15, 0.2) is 46.3 Å². The van der Waals surface area contributed by atoms with Crippen LogP contribution in [0.1, 0.15) is 12.5 Å². The van der Waals surface area contributed by atoms with Crippen LogP contribution >= 0.6 is 15.9 Å². The first kappa shape index (κ1) is 24.0. The standard InChI is InChI=1S/C18H13BrF5N3O4S/c1-2-32(29,30)14-6-12(31-17(20,21)9-19)8-25-15(14)27-16(28)13-5-11(18(22,23)24)4-3-10(13)7-26-27/h3-8H,2,9H2,1H3. The molecule has 172 valence electrons. The molecular formula is C18H13BrF5N3O4S. The number of pyridine rings is 1. The van der Waals surface area contributed by atoms with Crippen LogP contribution < -0.4 is 10.3 Å². The zero-order valence-electron chi connectivity index (χ0n) is 16.0. The van der Waals surface area contributed by atoms with Crippen LogP contribution in [-0.2, 0) is 16.0 Å². The largest absolute Gasteiger partial charge is 0.430 e. The van der Waals surface area contributed by atoms with Gasteiger partial charge in [0.2, 0.25) is 0 Å². The van der Waals surface area contributed by atoms with Crippen molar-refractivity contribution in [3.8, 4) is 11.6 Å². The van der Waals surface area contributed by atoms with Crippen LogP contribution in [-0.4, -0.2) is 40.4 Å². The number of fused-ring (bicyclic) bond motifs is 1. The lowest BCUT2D eigenvalue weighted by molar-refractivity contribution is -0.153. The van der Waals surface area contributed by atoms with Crippen molar-refractivity contribution in [2.45, 2.75) is 24.1 Å². The molecule has 0 fully saturated rings. The van der Waals surface area contributed by atoms with Crippen molar-refractivity contribution in [1.29, 1.82) is 0 Å². The highest BCUT2D eigenvalue weighted by molar-refractivity contribution is 9.09. The van der Waals surface area contributed by atoms with E-state index in [1.807, 2.05) is 0 Å². The molecule has 7 nitrogen and oxygen atoms in total. The molecular weight excluding hydrogens is 529 g/mol. The zero-order chi connectivity index (χ0) is 23.9. The summed E-state index contributed by atoms with van der Waals surface area (Å²) in [6.45, 7) is 1.27. The summed E-state index contributed by atoms with van der Waals surface area (Å²) in [6, 6.07) is 3.18. The van der Waals surface area contributed by atoms with E-state index in [1.165, 1.54) is 6.92 Å². The first-order valence-corrected chi connectivity index (χ1v) is 11.5. The van der Waals surface area contributed by atoms with Crippen molar-refractivity contribution in [3.05, 3.63) is 52.6 Å². The lowest BCUT2D eigenvalue weighted by Gasteiger charge is -2.17. The Balaban J connectivity index is 2.26. The van der Waals surface area contributed by atoms with Gasteiger partial charge in [-0.2, -0.15) is 31.7 Å². The van der Waals surface area contributed by atoms with Crippen molar-refractivity contribution in [2.75, 3.05) is 11.1 Å².